The molecule has 6 rings (SSSR count). The summed E-state index contributed by atoms with van der Waals surface area (Å²) < 4.78 is 84.6. The first-order valence-corrected chi connectivity index (χ1v) is 37.1. The smallest absolute Gasteiger partial charge is 0.123 e. The number of hydrogen-bond acceptors (Lipinski definition) is 6. The molecule has 1 amide bonds. The molecule has 0 saturated carbocycles. The number of aromatic nitrogens is 4. The van der Waals surface area contributed by atoms with Crippen molar-refractivity contribution in [2.24, 2.45) is 14.1 Å². The molecule has 0 aliphatic carbocycles. The van der Waals surface area contributed by atoms with Crippen molar-refractivity contribution in [2.45, 2.75) is 19.8 Å². The minimum atomic E-state index is -2.91. The molecule has 0 saturated heterocycles. The van der Waals surface area contributed by atoms with Crippen LogP contribution < -0.4 is 24.3 Å². The maximum atomic E-state index is 13.8. The number of alkyl halides is 4. The molecule has 0 unspecified atom stereocenters. The number of nitrogens with zero attached hydrogens (tertiary/aromatic N) is 4. The minimum Gasteiger partial charge on any atom is -0.398 e. The second-order valence-corrected chi connectivity index (χ2v) is 29.6. The van der Waals surface area contributed by atoms with E-state index in [2.05, 4.69) is 94.7 Å². The number of rotatable bonds is 8. The molecule has 0 spiro atoms. The second kappa shape index (κ2) is 30.5. The van der Waals surface area contributed by atoms with E-state index in [0.29, 0.717) is 50.7 Å². The molecule has 2 aromatic heterocycles. The Morgan fingerprint density at radius 1 is 0.730 bits per heavy atom. The Hall–Kier alpha value is -0.840. The summed E-state index contributed by atoms with van der Waals surface area (Å²) in [5.41, 5.74) is 7.06. The topological polar surface area (TPSA) is 117 Å². The number of benzene rings is 4. The van der Waals surface area contributed by atoms with Gasteiger partial charge in [0.25, 0.3) is 18.8 Å². The zero-order chi connectivity index (χ0) is 46.8. The molecule has 0 radical (unpaired) electrons. The molecule has 4 aromatic carbocycles. The number of carbonyl (C=O) groups excluding carboxylic acids is 2. The van der Waals surface area contributed by atoms with Crippen LogP contribution in [0.15, 0.2) is 85.2 Å². The summed E-state index contributed by atoms with van der Waals surface area (Å²) in [4.78, 5) is 23.7. The Labute approximate surface area is 448 Å². The molecule has 6 aromatic rings. The average Bonchev–Trinajstić information content (AvgIpc) is 3.83. The third-order valence-corrected chi connectivity index (χ3v) is 9.05. The number of ether oxygens (including phenoxy) is 1. The Morgan fingerprint density at radius 2 is 1.16 bits per heavy atom. The zero-order valence-electron chi connectivity index (χ0n) is 32.1. The molecular formula is C38H31Cl4F6I6N6O3-. The van der Waals surface area contributed by atoms with E-state index < -0.39 is 41.9 Å². The van der Waals surface area contributed by atoms with Gasteiger partial charge in [-0.3, -0.25) is 14.2 Å². The van der Waals surface area contributed by atoms with Gasteiger partial charge in [0.15, 0.2) is 0 Å². The van der Waals surface area contributed by atoms with Crippen LogP contribution in [0, 0.1) is 11.6 Å². The van der Waals surface area contributed by atoms with Gasteiger partial charge in [0.1, 0.15) is 28.6 Å². The van der Waals surface area contributed by atoms with Crippen LogP contribution in [0.4, 0.5) is 37.7 Å². The fourth-order valence-electron chi connectivity index (χ4n) is 5.03. The normalized spacial score (nSPS) is 10.2. The summed E-state index contributed by atoms with van der Waals surface area (Å²) in [7, 11) is 2.90. The first-order chi connectivity index (χ1) is 29.3. The third kappa shape index (κ3) is 19.0. The van der Waals surface area contributed by atoms with E-state index in [1.807, 2.05) is 0 Å². The fraction of sp³-hybridized carbons (Fsp3) is 0.158. The quantitative estimate of drug-likeness (QED) is 0.0679. The number of nitrogens with two attached hydrogens (primary N) is 1. The molecule has 0 atom stereocenters. The number of hydrogen-bond donors (Lipinski definition) is 2. The summed E-state index contributed by atoms with van der Waals surface area (Å²) in [6, 6.07) is 17.6. The molecule has 2 heterocycles. The average molecular weight is 1640 g/mol. The number of anilines is 2. The number of esters is 1. The van der Waals surface area contributed by atoms with Crippen molar-refractivity contribution in [3.63, 3.8) is 0 Å². The first kappa shape index (κ1) is 60.2. The minimum absolute atomic E-state index is 0. The molecule has 3 N–H and O–H groups in total. The number of nitrogens with one attached hydrogen (secondary N) is 1. The number of halogens is 16. The third-order valence-electron chi connectivity index (χ3n) is 7.57. The van der Waals surface area contributed by atoms with Gasteiger partial charge in [-0.1, -0.05) is 58.5 Å². The van der Waals surface area contributed by atoms with E-state index in [1.165, 1.54) is 69.0 Å². The van der Waals surface area contributed by atoms with E-state index in [1.54, 1.807) is 31.2 Å². The molecule has 9 nitrogen and oxygen atoms in total. The number of amides is 1. The van der Waals surface area contributed by atoms with Crippen LogP contribution >= 0.6 is 145 Å². The number of aryl methyl sites for hydroxylation is 2. The van der Waals surface area contributed by atoms with Crippen LogP contribution in [0.3, 0.4) is 0 Å². The number of nitrogen functional groups attached to an aromatic ring is 1. The Kier molecular flexibility index (Phi) is 29.2. The molecule has 25 heteroatoms. The van der Waals surface area contributed by atoms with Crippen LogP contribution in [0.5, 0.6) is 0 Å². The fourth-order valence-corrected chi connectivity index (χ4v) is 5.63. The summed E-state index contributed by atoms with van der Waals surface area (Å²) in [6.45, 7) is 1.76. The van der Waals surface area contributed by atoms with E-state index in [4.69, 9.17) is 52.1 Å². The molecule has 63 heavy (non-hydrogen) atoms. The van der Waals surface area contributed by atoms with Gasteiger partial charge in [0, 0.05) is 86.2 Å². The molecule has 344 valence electrons. The van der Waals surface area contributed by atoms with Gasteiger partial charge in [-0.15, -0.1) is 24.0 Å². The number of carbonyl (C=O) groups is 2. The van der Waals surface area contributed by atoms with Crippen LogP contribution in [-0.4, -0.2) is 38.0 Å². The van der Waals surface area contributed by atoms with Crippen LogP contribution in [-0.2, 0) is 18.8 Å². The van der Waals surface area contributed by atoms with Crippen molar-refractivity contribution in [3.05, 3.63) is 139 Å². The molecular weight excluding hydrogens is 1610 g/mol. The van der Waals surface area contributed by atoms with Gasteiger partial charge in [0.2, 0.25) is 0 Å². The Balaban J connectivity index is 0.000000473. The van der Waals surface area contributed by atoms with Crippen molar-refractivity contribution in [3.8, 4) is 22.3 Å². The van der Waals surface area contributed by atoms with Crippen molar-refractivity contribution >= 4 is 168 Å². The Bertz CT molecular complexity index is 2440. The van der Waals surface area contributed by atoms with Gasteiger partial charge in [-0.05, 0) is 78.7 Å². The van der Waals surface area contributed by atoms with E-state index >= 15 is 0 Å². The monoisotopic (exact) mass is 1630 g/mol. The van der Waals surface area contributed by atoms with Crippen molar-refractivity contribution in [1.29, 1.82) is 0 Å². The van der Waals surface area contributed by atoms with Gasteiger partial charge >= 0.3 is 56.5 Å². The molecule has 0 bridgehead atoms. The van der Waals surface area contributed by atoms with Crippen molar-refractivity contribution in [1.82, 2.24) is 19.6 Å². The van der Waals surface area contributed by atoms with Gasteiger partial charge in [-0.25, -0.2) is 31.1 Å². The maximum absolute atomic E-state index is 13.8. The van der Waals surface area contributed by atoms with E-state index in [0.717, 1.165) is 21.0 Å². The molecule has 0 aliphatic rings. The predicted octanol–water partition coefficient (Wildman–Crippen LogP) is 12.8. The van der Waals surface area contributed by atoms with Crippen LogP contribution in [0.1, 0.15) is 51.9 Å². The summed E-state index contributed by atoms with van der Waals surface area (Å²) >= 11 is 33.1. The van der Waals surface area contributed by atoms with Crippen molar-refractivity contribution < 1.29 is 53.9 Å². The molecule has 0 fully saturated rings. The van der Waals surface area contributed by atoms with E-state index in [-0.39, 0.29) is 58.2 Å². The first-order valence-electron chi connectivity index (χ1n) is 16.7. The SMILES string of the molecule is CCOC(=O)c1cn(C)nc1C(F)F.Cn1cc(C(=O)Nc2ccc(F)cc2-c2ccc(Cl)c(Cl)c2)c(C(F)F)n1.I.II.I[I-]I.Nc1ccc(F)cc1-c1ccc(Cl)c(Cl)c1. The van der Waals surface area contributed by atoms with Gasteiger partial charge in [0.05, 0.1) is 32.3 Å². The molecule has 0 aliphatic heterocycles. The second-order valence-electron chi connectivity index (χ2n) is 11.7. The Morgan fingerprint density at radius 3 is 1.62 bits per heavy atom. The largest absolute Gasteiger partial charge is 0.398 e. The van der Waals surface area contributed by atoms with E-state index in [9.17, 15) is 35.9 Å². The summed E-state index contributed by atoms with van der Waals surface area (Å²) in [6.07, 6.45) is -3.26. The summed E-state index contributed by atoms with van der Waals surface area (Å²) in [5.74, 6) is -2.43. The standard InChI is InChI=1S/C18H12Cl2F3N3O.C12H8Cl2FN.C8H10F2N2O2.I3.I2.HI/c1-26-8-12(16(25-26)17(22)23)18(27)24-15-5-3-10(21)7-11(15)9-2-4-13(19)14(20)6-9;13-10-3-1-7(5-11(10)14)9-6-8(15)2-4-12(9)16;1-3-14-8(13)5-4-12(2)11-6(5)7(9)10;1-3-2;1-2;/h2-8,17H,1H3,(H,24,27);1-6H,16H2;4,7H,3H2,1-2H3;;;1H/q;;;-1;;. The van der Waals surface area contributed by atoms with Crippen molar-refractivity contribution in [2.75, 3.05) is 17.7 Å². The maximum Gasteiger partial charge on any atom is 0.123 e. The van der Waals surface area contributed by atoms with Gasteiger partial charge in [-0.2, -0.15) is 10.2 Å². The van der Waals surface area contributed by atoms with Crippen LogP contribution in [0.2, 0.25) is 20.1 Å². The summed E-state index contributed by atoms with van der Waals surface area (Å²) in [5, 5.41) is 11.1. The predicted molar refractivity (Wildman–Crippen MR) is 280 cm³/mol. The van der Waals surface area contributed by atoms with Crippen LogP contribution in [0.25, 0.3) is 22.3 Å². The van der Waals surface area contributed by atoms with Gasteiger partial charge < -0.3 is 15.8 Å². The zero-order valence-corrected chi connectivity index (χ0v) is 48.3.